The average molecular weight is 444 g/mol. The molecule has 0 spiro atoms. The summed E-state index contributed by atoms with van der Waals surface area (Å²) in [6, 6.07) is 5.92. The van der Waals surface area contributed by atoms with Crippen LogP contribution < -0.4 is 5.32 Å². The van der Waals surface area contributed by atoms with Gasteiger partial charge in [0, 0.05) is 9.75 Å². The lowest BCUT2D eigenvalue weighted by Crippen LogP contribution is -2.36. The van der Waals surface area contributed by atoms with Gasteiger partial charge in [0.2, 0.25) is 5.91 Å². The number of anilines is 1. The predicted octanol–water partition coefficient (Wildman–Crippen LogP) is 4.48. The number of thioether (sulfide) groups is 1. The third kappa shape index (κ3) is 4.01. The van der Waals surface area contributed by atoms with E-state index in [1.807, 2.05) is 17.5 Å². The molecule has 1 saturated heterocycles. The number of nitrogens with one attached hydrogen (secondary N) is 1. The van der Waals surface area contributed by atoms with Crippen molar-refractivity contribution in [2.24, 2.45) is 5.92 Å². The maximum absolute atomic E-state index is 12.5. The largest absolute Gasteiger partial charge is 0.315 e. The molecular formula is C20H17N3O3S3. The molecule has 1 fully saturated rings. The van der Waals surface area contributed by atoms with Gasteiger partial charge in [0.1, 0.15) is 17.6 Å². The molecule has 1 unspecified atom stereocenters. The van der Waals surface area contributed by atoms with Gasteiger partial charge >= 0.3 is 0 Å². The van der Waals surface area contributed by atoms with E-state index in [9.17, 15) is 19.6 Å². The highest BCUT2D eigenvalue weighted by Crippen LogP contribution is 2.39. The van der Waals surface area contributed by atoms with E-state index >= 15 is 0 Å². The van der Waals surface area contributed by atoms with E-state index in [-0.39, 0.29) is 6.54 Å². The minimum atomic E-state index is -0.479. The van der Waals surface area contributed by atoms with Gasteiger partial charge in [0.15, 0.2) is 0 Å². The Hall–Kier alpha value is -2.41. The number of hydrogen-bond donors (Lipinski definition) is 1. The zero-order valence-electron chi connectivity index (χ0n) is 15.6. The normalized spacial score (nSPS) is 20.1. The number of amides is 3. The molecule has 3 amide bonds. The molecule has 2 aromatic rings. The first-order valence-corrected chi connectivity index (χ1v) is 11.6. The van der Waals surface area contributed by atoms with Crippen LogP contribution >= 0.6 is 34.4 Å². The van der Waals surface area contributed by atoms with Gasteiger partial charge in [-0.3, -0.25) is 19.3 Å². The number of hydrogen-bond acceptors (Lipinski definition) is 7. The van der Waals surface area contributed by atoms with Crippen molar-refractivity contribution in [2.45, 2.75) is 26.2 Å². The van der Waals surface area contributed by atoms with E-state index in [0.29, 0.717) is 21.4 Å². The molecule has 0 saturated carbocycles. The first-order chi connectivity index (χ1) is 14.0. The van der Waals surface area contributed by atoms with Crippen molar-refractivity contribution in [2.75, 3.05) is 11.9 Å². The van der Waals surface area contributed by atoms with Crippen LogP contribution in [0.15, 0.2) is 22.4 Å². The van der Waals surface area contributed by atoms with Crippen molar-refractivity contribution < 1.29 is 14.4 Å². The van der Waals surface area contributed by atoms with Crippen LogP contribution in [-0.4, -0.2) is 28.5 Å². The van der Waals surface area contributed by atoms with Crippen LogP contribution in [0.25, 0.3) is 6.08 Å². The number of carbonyl (C=O) groups excluding carboxylic acids is 3. The number of imide groups is 1. The SMILES string of the molecule is CC1CCc2c(sc(NC(=O)CN3C(=O)S/C(=C\c4cccs4)C3=O)c2C#N)C1. The molecule has 1 N–H and O–H groups in total. The molecule has 0 radical (unpaired) electrons. The van der Waals surface area contributed by atoms with E-state index in [1.54, 1.807) is 6.08 Å². The molecule has 4 rings (SSSR count). The lowest BCUT2D eigenvalue weighted by molar-refractivity contribution is -0.127. The predicted molar refractivity (Wildman–Crippen MR) is 116 cm³/mol. The fourth-order valence-electron chi connectivity index (χ4n) is 3.41. The van der Waals surface area contributed by atoms with Gasteiger partial charge in [0.25, 0.3) is 11.1 Å². The van der Waals surface area contributed by atoms with Gasteiger partial charge in [-0.15, -0.1) is 22.7 Å². The lowest BCUT2D eigenvalue weighted by Gasteiger charge is -2.17. The second-order valence-electron chi connectivity index (χ2n) is 7.00. The number of nitriles is 1. The molecule has 148 valence electrons. The first-order valence-electron chi connectivity index (χ1n) is 9.09. The zero-order valence-corrected chi connectivity index (χ0v) is 18.0. The summed E-state index contributed by atoms with van der Waals surface area (Å²) in [5, 5.41) is 14.2. The summed E-state index contributed by atoms with van der Waals surface area (Å²) in [6.45, 7) is 1.81. The molecular weight excluding hydrogens is 426 g/mol. The Kier molecular flexibility index (Phi) is 5.58. The first kappa shape index (κ1) is 19.9. The number of fused-ring (bicyclic) bond motifs is 1. The molecule has 6 nitrogen and oxygen atoms in total. The van der Waals surface area contributed by atoms with E-state index in [4.69, 9.17) is 0 Å². The highest BCUT2D eigenvalue weighted by atomic mass is 32.2. The summed E-state index contributed by atoms with van der Waals surface area (Å²) in [5.74, 6) is -0.391. The van der Waals surface area contributed by atoms with Crippen molar-refractivity contribution in [3.63, 3.8) is 0 Å². The van der Waals surface area contributed by atoms with Crippen LogP contribution in [-0.2, 0) is 22.4 Å². The molecule has 0 bridgehead atoms. The second kappa shape index (κ2) is 8.14. The number of rotatable bonds is 4. The minimum absolute atomic E-state index is 0.309. The van der Waals surface area contributed by atoms with Crippen molar-refractivity contribution >= 4 is 62.6 Å². The van der Waals surface area contributed by atoms with Crippen LogP contribution in [0.5, 0.6) is 0 Å². The van der Waals surface area contributed by atoms with Crippen molar-refractivity contribution in [3.05, 3.63) is 43.3 Å². The topological polar surface area (TPSA) is 90.3 Å². The van der Waals surface area contributed by atoms with E-state index in [0.717, 1.165) is 51.2 Å². The summed E-state index contributed by atoms with van der Waals surface area (Å²) in [6.07, 6.45) is 4.43. The van der Waals surface area contributed by atoms with E-state index < -0.39 is 17.1 Å². The zero-order chi connectivity index (χ0) is 20.5. The number of carbonyl (C=O) groups is 3. The van der Waals surface area contributed by atoms with Crippen molar-refractivity contribution in [1.29, 1.82) is 5.26 Å². The summed E-state index contributed by atoms with van der Waals surface area (Å²) in [4.78, 5) is 40.6. The lowest BCUT2D eigenvalue weighted by atomic mass is 9.89. The Balaban J connectivity index is 1.47. The summed E-state index contributed by atoms with van der Waals surface area (Å²) < 4.78 is 0. The minimum Gasteiger partial charge on any atom is -0.315 e. The van der Waals surface area contributed by atoms with Crippen LogP contribution in [0.2, 0.25) is 0 Å². The summed E-state index contributed by atoms with van der Waals surface area (Å²) >= 11 is 3.72. The highest BCUT2D eigenvalue weighted by Gasteiger charge is 2.36. The van der Waals surface area contributed by atoms with Gasteiger partial charge in [-0.25, -0.2) is 0 Å². The molecule has 3 heterocycles. The fraction of sp³-hybridized carbons (Fsp3) is 0.300. The maximum atomic E-state index is 12.5. The van der Waals surface area contributed by atoms with Gasteiger partial charge in [-0.2, -0.15) is 5.26 Å². The Morgan fingerprint density at radius 2 is 2.28 bits per heavy atom. The van der Waals surface area contributed by atoms with Crippen LogP contribution in [0.1, 0.15) is 34.2 Å². The van der Waals surface area contributed by atoms with Gasteiger partial charge in [-0.1, -0.05) is 13.0 Å². The third-order valence-corrected chi connectivity index (χ3v) is 7.76. The fourth-order valence-corrected chi connectivity index (χ4v) is 6.34. The van der Waals surface area contributed by atoms with Crippen molar-refractivity contribution in [1.82, 2.24) is 4.90 Å². The van der Waals surface area contributed by atoms with Crippen molar-refractivity contribution in [3.8, 4) is 6.07 Å². The maximum Gasteiger partial charge on any atom is 0.294 e. The smallest absolute Gasteiger partial charge is 0.294 e. The van der Waals surface area contributed by atoms with E-state index in [1.165, 1.54) is 22.7 Å². The number of nitrogens with zero attached hydrogens (tertiary/aromatic N) is 2. The highest BCUT2D eigenvalue weighted by molar-refractivity contribution is 8.18. The Morgan fingerprint density at radius 3 is 3.00 bits per heavy atom. The third-order valence-electron chi connectivity index (χ3n) is 4.87. The quantitative estimate of drug-likeness (QED) is 0.704. The van der Waals surface area contributed by atoms with Crippen LogP contribution in [0.3, 0.4) is 0 Å². The molecule has 1 atom stereocenters. The van der Waals surface area contributed by atoms with Gasteiger partial charge in [0.05, 0.1) is 10.5 Å². The average Bonchev–Trinajstić information content (AvgIpc) is 3.37. The molecule has 2 aromatic heterocycles. The monoisotopic (exact) mass is 443 g/mol. The van der Waals surface area contributed by atoms with Crippen LogP contribution in [0.4, 0.5) is 9.80 Å². The van der Waals surface area contributed by atoms with Gasteiger partial charge in [-0.05, 0) is 60.0 Å². The summed E-state index contributed by atoms with van der Waals surface area (Å²) in [7, 11) is 0. The summed E-state index contributed by atoms with van der Waals surface area (Å²) in [5.41, 5.74) is 1.54. The molecule has 29 heavy (non-hydrogen) atoms. The Morgan fingerprint density at radius 1 is 1.45 bits per heavy atom. The molecule has 1 aliphatic heterocycles. The van der Waals surface area contributed by atoms with E-state index in [2.05, 4.69) is 18.3 Å². The Bertz CT molecular complexity index is 1060. The standard InChI is InChI=1S/C20H17N3O3S3/c1-11-4-5-13-14(9-21)18(28-15(13)7-11)22-17(24)10-23-19(25)16(29-20(23)26)8-12-3-2-6-27-12/h2-3,6,8,11H,4-5,7,10H2,1H3,(H,22,24)/b16-8-. The molecule has 9 heteroatoms. The van der Waals surface area contributed by atoms with Crippen LogP contribution in [0, 0.1) is 17.2 Å². The Labute approximate surface area is 180 Å². The number of thiophene rings is 2. The van der Waals surface area contributed by atoms with Gasteiger partial charge < -0.3 is 5.32 Å². The second-order valence-corrected chi connectivity index (χ2v) is 10.1. The molecule has 2 aliphatic rings. The molecule has 1 aliphatic carbocycles. The molecule has 0 aromatic carbocycles.